The Balaban J connectivity index is 1.66. The number of H-pyrrole nitrogens is 1. The van der Waals surface area contributed by atoms with E-state index in [1.165, 1.54) is 0 Å². The highest BCUT2D eigenvalue weighted by atomic mass is 16.3. The van der Waals surface area contributed by atoms with Crippen molar-refractivity contribution in [2.75, 3.05) is 6.54 Å². The summed E-state index contributed by atoms with van der Waals surface area (Å²) in [6.07, 6.45) is -0.805. The molecule has 1 amide bonds. The van der Waals surface area contributed by atoms with Crippen LogP contribution >= 0.6 is 0 Å². The number of benzene rings is 2. The molecule has 1 heterocycles. The minimum atomic E-state index is -0.778. The van der Waals surface area contributed by atoms with Gasteiger partial charge < -0.3 is 15.4 Å². The summed E-state index contributed by atoms with van der Waals surface area (Å²) in [5.41, 5.74) is 2.63. The van der Waals surface area contributed by atoms with Crippen LogP contribution in [-0.4, -0.2) is 22.5 Å². The lowest BCUT2D eigenvalue weighted by Crippen LogP contribution is -2.31. The molecule has 0 aliphatic carbocycles. The van der Waals surface area contributed by atoms with E-state index in [9.17, 15) is 14.7 Å². The van der Waals surface area contributed by atoms with E-state index in [-0.39, 0.29) is 24.4 Å². The Bertz CT molecular complexity index is 962. The van der Waals surface area contributed by atoms with Crippen LogP contribution in [0.2, 0.25) is 0 Å². The molecular formula is C20H20N2O3. The second kappa shape index (κ2) is 7.32. The highest BCUT2D eigenvalue weighted by Crippen LogP contribution is 2.16. The molecule has 2 aromatic carbocycles. The number of aryl methyl sites for hydroxylation is 1. The molecular weight excluding hydrogens is 316 g/mol. The zero-order chi connectivity index (χ0) is 17.8. The molecule has 3 rings (SSSR count). The Hall–Kier alpha value is -2.92. The summed E-state index contributed by atoms with van der Waals surface area (Å²) in [5, 5.41) is 13.8. The summed E-state index contributed by atoms with van der Waals surface area (Å²) in [7, 11) is 0. The molecule has 0 aliphatic heterocycles. The number of carbonyl (C=O) groups excluding carboxylic acids is 1. The summed E-state index contributed by atoms with van der Waals surface area (Å²) < 4.78 is 0. The maximum atomic E-state index is 12.1. The topological polar surface area (TPSA) is 82.2 Å². The Kier molecular flexibility index (Phi) is 4.95. The van der Waals surface area contributed by atoms with Gasteiger partial charge in [-0.25, -0.2) is 0 Å². The number of hydrogen-bond acceptors (Lipinski definition) is 3. The van der Waals surface area contributed by atoms with E-state index in [0.717, 1.165) is 22.0 Å². The van der Waals surface area contributed by atoms with E-state index < -0.39 is 6.10 Å². The summed E-state index contributed by atoms with van der Waals surface area (Å²) in [6.45, 7) is 2.02. The first kappa shape index (κ1) is 16.9. The third-order valence-corrected chi connectivity index (χ3v) is 4.22. The third kappa shape index (κ3) is 3.95. The monoisotopic (exact) mass is 336 g/mol. The summed E-state index contributed by atoms with van der Waals surface area (Å²) >= 11 is 0. The van der Waals surface area contributed by atoms with E-state index in [4.69, 9.17) is 0 Å². The summed E-state index contributed by atoms with van der Waals surface area (Å²) in [5.74, 6) is -0.298. The second-order valence-corrected chi connectivity index (χ2v) is 6.06. The first-order valence-corrected chi connectivity index (χ1v) is 8.16. The minimum absolute atomic E-state index is 0.0271. The standard InChI is InChI=1S/C20H20N2O3/c1-13-6-2-4-8-16(13)18(23)12-21-19(24)11-15-10-14-7-3-5-9-17(14)22-20(15)25/h2-10,18,23H,11-12H2,1H3,(H,21,24)(H,22,25). The van der Waals surface area contributed by atoms with Crippen molar-refractivity contribution in [1.29, 1.82) is 0 Å². The van der Waals surface area contributed by atoms with E-state index in [2.05, 4.69) is 10.3 Å². The number of rotatable bonds is 5. The predicted molar refractivity (Wildman–Crippen MR) is 97.4 cm³/mol. The fraction of sp³-hybridized carbons (Fsp3) is 0.200. The molecule has 3 N–H and O–H groups in total. The van der Waals surface area contributed by atoms with Gasteiger partial charge in [0.15, 0.2) is 0 Å². The second-order valence-electron chi connectivity index (χ2n) is 6.06. The van der Waals surface area contributed by atoms with Crippen LogP contribution < -0.4 is 10.9 Å². The van der Waals surface area contributed by atoms with Crippen molar-refractivity contribution >= 4 is 16.8 Å². The van der Waals surface area contributed by atoms with Gasteiger partial charge in [0, 0.05) is 17.6 Å². The van der Waals surface area contributed by atoms with Gasteiger partial charge in [-0.05, 0) is 35.6 Å². The van der Waals surface area contributed by atoms with Gasteiger partial charge in [0.2, 0.25) is 5.91 Å². The minimum Gasteiger partial charge on any atom is -0.387 e. The average molecular weight is 336 g/mol. The van der Waals surface area contributed by atoms with Gasteiger partial charge in [-0.2, -0.15) is 0 Å². The van der Waals surface area contributed by atoms with Gasteiger partial charge in [0.05, 0.1) is 12.5 Å². The van der Waals surface area contributed by atoms with Gasteiger partial charge in [-0.3, -0.25) is 9.59 Å². The van der Waals surface area contributed by atoms with Gasteiger partial charge >= 0.3 is 0 Å². The number of aromatic amines is 1. The molecule has 0 saturated carbocycles. The van der Waals surface area contributed by atoms with E-state index >= 15 is 0 Å². The molecule has 0 radical (unpaired) electrons. The molecule has 1 unspecified atom stereocenters. The number of carbonyl (C=O) groups is 1. The quantitative estimate of drug-likeness (QED) is 0.668. The van der Waals surface area contributed by atoms with Crippen molar-refractivity contribution < 1.29 is 9.90 Å². The van der Waals surface area contributed by atoms with Gasteiger partial charge in [0.1, 0.15) is 0 Å². The maximum Gasteiger partial charge on any atom is 0.252 e. The van der Waals surface area contributed by atoms with Crippen molar-refractivity contribution in [3.8, 4) is 0 Å². The average Bonchev–Trinajstić information content (AvgIpc) is 2.61. The highest BCUT2D eigenvalue weighted by Gasteiger charge is 2.13. The van der Waals surface area contributed by atoms with Crippen LogP contribution in [0.15, 0.2) is 59.4 Å². The number of para-hydroxylation sites is 1. The Morgan fingerprint density at radius 2 is 1.88 bits per heavy atom. The molecule has 5 nitrogen and oxygen atoms in total. The molecule has 1 aromatic heterocycles. The lowest BCUT2D eigenvalue weighted by Gasteiger charge is -2.14. The molecule has 0 spiro atoms. The number of aromatic nitrogens is 1. The normalized spacial score (nSPS) is 12.1. The SMILES string of the molecule is Cc1ccccc1C(O)CNC(=O)Cc1cc2ccccc2[nH]c1=O. The Labute approximate surface area is 145 Å². The molecule has 128 valence electrons. The summed E-state index contributed by atoms with van der Waals surface area (Å²) in [6, 6.07) is 16.6. The fourth-order valence-corrected chi connectivity index (χ4v) is 2.84. The molecule has 0 saturated heterocycles. The van der Waals surface area contributed by atoms with Crippen LogP contribution in [0.3, 0.4) is 0 Å². The fourth-order valence-electron chi connectivity index (χ4n) is 2.84. The number of nitrogens with one attached hydrogen (secondary N) is 2. The number of pyridine rings is 1. The number of aliphatic hydroxyl groups is 1. The molecule has 25 heavy (non-hydrogen) atoms. The predicted octanol–water partition coefficient (Wildman–Crippen LogP) is 2.23. The van der Waals surface area contributed by atoms with Crippen molar-refractivity contribution in [3.63, 3.8) is 0 Å². The third-order valence-electron chi connectivity index (χ3n) is 4.22. The van der Waals surface area contributed by atoms with Crippen LogP contribution in [0.1, 0.15) is 22.8 Å². The molecule has 5 heteroatoms. The lowest BCUT2D eigenvalue weighted by atomic mass is 10.0. The van der Waals surface area contributed by atoms with Crippen LogP contribution in [0.4, 0.5) is 0 Å². The number of fused-ring (bicyclic) bond motifs is 1. The molecule has 1 atom stereocenters. The Morgan fingerprint density at radius 1 is 1.16 bits per heavy atom. The molecule has 0 bridgehead atoms. The first-order chi connectivity index (χ1) is 12.0. The molecule has 0 aliphatic rings. The van der Waals surface area contributed by atoms with Crippen LogP contribution in [0.5, 0.6) is 0 Å². The van der Waals surface area contributed by atoms with Crippen molar-refractivity contribution in [2.24, 2.45) is 0 Å². The van der Waals surface area contributed by atoms with E-state index in [1.807, 2.05) is 55.5 Å². The van der Waals surface area contributed by atoms with Crippen molar-refractivity contribution in [3.05, 3.63) is 81.6 Å². The lowest BCUT2D eigenvalue weighted by molar-refractivity contribution is -0.120. The smallest absolute Gasteiger partial charge is 0.252 e. The van der Waals surface area contributed by atoms with Gasteiger partial charge in [0.25, 0.3) is 5.56 Å². The van der Waals surface area contributed by atoms with Crippen molar-refractivity contribution in [2.45, 2.75) is 19.4 Å². The number of hydrogen-bond donors (Lipinski definition) is 3. The van der Waals surface area contributed by atoms with Crippen LogP contribution in [-0.2, 0) is 11.2 Å². The van der Waals surface area contributed by atoms with Crippen molar-refractivity contribution in [1.82, 2.24) is 10.3 Å². The highest BCUT2D eigenvalue weighted by molar-refractivity contribution is 5.82. The summed E-state index contributed by atoms with van der Waals surface area (Å²) in [4.78, 5) is 27.0. The van der Waals surface area contributed by atoms with Crippen LogP contribution in [0, 0.1) is 6.92 Å². The zero-order valence-corrected chi connectivity index (χ0v) is 14.0. The van der Waals surface area contributed by atoms with E-state index in [0.29, 0.717) is 5.56 Å². The molecule has 0 fully saturated rings. The largest absolute Gasteiger partial charge is 0.387 e. The van der Waals surface area contributed by atoms with Crippen LogP contribution in [0.25, 0.3) is 10.9 Å². The van der Waals surface area contributed by atoms with E-state index in [1.54, 1.807) is 6.07 Å². The maximum absolute atomic E-state index is 12.1. The van der Waals surface area contributed by atoms with Gasteiger partial charge in [-0.1, -0.05) is 42.5 Å². The molecule has 3 aromatic rings. The Morgan fingerprint density at radius 3 is 2.68 bits per heavy atom. The zero-order valence-electron chi connectivity index (χ0n) is 14.0. The number of aliphatic hydroxyl groups excluding tert-OH is 1. The number of amides is 1. The first-order valence-electron chi connectivity index (χ1n) is 8.16. The van der Waals surface area contributed by atoms with Gasteiger partial charge in [-0.15, -0.1) is 0 Å².